The van der Waals surface area contributed by atoms with Gasteiger partial charge in [-0.3, -0.25) is 0 Å². The molecule has 16 heavy (non-hydrogen) atoms. The van der Waals surface area contributed by atoms with Crippen LogP contribution in [0, 0.1) is 0 Å². The highest BCUT2D eigenvalue weighted by Crippen LogP contribution is 2.06. The lowest BCUT2D eigenvalue weighted by molar-refractivity contribution is 0.0708. The van der Waals surface area contributed by atoms with Gasteiger partial charge in [0.15, 0.2) is 0 Å². The lowest BCUT2D eigenvalue weighted by Crippen LogP contribution is -2.50. The molecule has 6 heteroatoms. The fraction of sp³-hybridized carbons (Fsp3) is 1.00. The first-order chi connectivity index (χ1) is 6.91. The van der Waals surface area contributed by atoms with Gasteiger partial charge in [-0.2, -0.15) is 0 Å². The average Bonchev–Trinajstić information content (AvgIpc) is 1.91. The second-order valence-electron chi connectivity index (χ2n) is 5.50. The minimum absolute atomic E-state index is 0.521. The average molecular weight is 252 g/mol. The minimum atomic E-state index is -3.19. The maximum absolute atomic E-state index is 11.1. The third kappa shape index (κ3) is 10.4. The predicted octanol–water partition coefficient (Wildman–Crippen LogP) is 0.0648. The van der Waals surface area contributed by atoms with Crippen molar-refractivity contribution in [1.82, 2.24) is 10.0 Å². The number of nitrogens with one attached hydrogen (secondary N) is 2. The van der Waals surface area contributed by atoms with E-state index in [-0.39, 0.29) is 0 Å². The Morgan fingerprint density at radius 2 is 1.69 bits per heavy atom. The van der Waals surface area contributed by atoms with E-state index >= 15 is 0 Å². The quantitative estimate of drug-likeness (QED) is 0.560. The second kappa shape index (κ2) is 5.44. The molecule has 3 N–H and O–H groups in total. The summed E-state index contributed by atoms with van der Waals surface area (Å²) in [5, 5.41) is 12.6. The van der Waals surface area contributed by atoms with Gasteiger partial charge in [0.1, 0.15) is 0 Å². The molecule has 0 radical (unpaired) electrons. The molecule has 0 aliphatic heterocycles. The second-order valence-corrected chi connectivity index (χ2v) is 7.25. The molecule has 0 atom stereocenters. The van der Waals surface area contributed by atoms with Gasteiger partial charge >= 0.3 is 0 Å². The predicted molar refractivity (Wildman–Crippen MR) is 65.8 cm³/mol. The summed E-state index contributed by atoms with van der Waals surface area (Å²) in [5.74, 6) is 0. The molecule has 0 saturated carbocycles. The first-order valence-electron chi connectivity index (χ1n) is 5.33. The van der Waals surface area contributed by atoms with Crippen molar-refractivity contribution in [3.8, 4) is 0 Å². The molecule has 0 aromatic carbocycles. The van der Waals surface area contributed by atoms with E-state index in [2.05, 4.69) is 10.0 Å². The van der Waals surface area contributed by atoms with Crippen LogP contribution in [-0.4, -0.2) is 44.0 Å². The molecular weight excluding hydrogens is 228 g/mol. The Morgan fingerprint density at radius 3 is 2.06 bits per heavy atom. The molecular formula is C10H24N2O3S. The van der Waals surface area contributed by atoms with E-state index in [1.807, 2.05) is 13.8 Å². The van der Waals surface area contributed by atoms with E-state index in [1.165, 1.54) is 0 Å². The van der Waals surface area contributed by atoms with Gasteiger partial charge in [-0.15, -0.1) is 0 Å². The fourth-order valence-electron chi connectivity index (χ4n) is 1.33. The normalized spacial score (nSPS) is 14.1. The number of hydrogen-bond donors (Lipinski definition) is 3. The molecule has 0 unspecified atom stereocenters. The summed E-state index contributed by atoms with van der Waals surface area (Å²) in [4.78, 5) is 0. The Bertz CT molecular complexity index is 305. The summed E-state index contributed by atoms with van der Waals surface area (Å²) in [6.07, 6.45) is 1.77. The van der Waals surface area contributed by atoms with Crippen molar-refractivity contribution in [1.29, 1.82) is 0 Å². The summed E-state index contributed by atoms with van der Waals surface area (Å²) in [5.41, 5.74) is -1.21. The lowest BCUT2D eigenvalue weighted by atomic mass is 10.0. The molecule has 0 aliphatic rings. The van der Waals surface area contributed by atoms with Gasteiger partial charge < -0.3 is 10.4 Å². The summed E-state index contributed by atoms with van der Waals surface area (Å²) >= 11 is 0. The van der Waals surface area contributed by atoms with Gasteiger partial charge in [-0.05, 0) is 40.7 Å². The van der Waals surface area contributed by atoms with Crippen molar-refractivity contribution in [2.75, 3.05) is 19.3 Å². The zero-order valence-electron chi connectivity index (χ0n) is 10.8. The van der Waals surface area contributed by atoms with E-state index in [1.54, 1.807) is 13.8 Å². The van der Waals surface area contributed by atoms with E-state index < -0.39 is 21.2 Å². The van der Waals surface area contributed by atoms with Gasteiger partial charge in [-0.25, -0.2) is 13.1 Å². The summed E-state index contributed by atoms with van der Waals surface area (Å²) in [7, 11) is -3.19. The molecule has 0 saturated heterocycles. The van der Waals surface area contributed by atoms with Crippen LogP contribution in [-0.2, 0) is 10.0 Å². The van der Waals surface area contributed by atoms with Crippen LogP contribution in [0.1, 0.15) is 34.1 Å². The number of aliphatic hydroxyl groups is 1. The van der Waals surface area contributed by atoms with Crippen molar-refractivity contribution in [3.05, 3.63) is 0 Å². The first-order valence-corrected chi connectivity index (χ1v) is 7.22. The van der Waals surface area contributed by atoms with Crippen LogP contribution in [0.3, 0.4) is 0 Å². The highest BCUT2D eigenvalue weighted by atomic mass is 32.2. The smallest absolute Gasteiger partial charge is 0.209 e. The molecule has 0 bridgehead atoms. The van der Waals surface area contributed by atoms with Gasteiger partial charge in [-0.1, -0.05) is 0 Å². The third-order valence-electron chi connectivity index (χ3n) is 1.94. The molecule has 0 aliphatic carbocycles. The molecule has 0 amide bonds. The Morgan fingerprint density at radius 1 is 1.19 bits per heavy atom. The summed E-state index contributed by atoms with van der Waals surface area (Å²) < 4.78 is 24.7. The topological polar surface area (TPSA) is 78.4 Å². The summed E-state index contributed by atoms with van der Waals surface area (Å²) in [6, 6.07) is 0. The van der Waals surface area contributed by atoms with Crippen LogP contribution in [0.2, 0.25) is 0 Å². The maximum atomic E-state index is 11.1. The fourth-order valence-corrected chi connectivity index (χ4v) is 2.41. The Balaban J connectivity index is 3.92. The highest BCUT2D eigenvalue weighted by Gasteiger charge is 2.21. The Kier molecular flexibility index (Phi) is 5.38. The molecule has 0 aromatic heterocycles. The van der Waals surface area contributed by atoms with Crippen molar-refractivity contribution < 1.29 is 13.5 Å². The number of hydrogen-bond acceptors (Lipinski definition) is 4. The standard InChI is InChI=1S/C10H24N2O3S/c1-9(2,12-16(5,14)15)8-11-7-6-10(3,4)13/h11-13H,6-8H2,1-5H3. The highest BCUT2D eigenvalue weighted by molar-refractivity contribution is 7.88. The summed E-state index contributed by atoms with van der Waals surface area (Å²) in [6.45, 7) is 8.29. The van der Waals surface area contributed by atoms with Gasteiger partial charge in [0, 0.05) is 12.1 Å². The van der Waals surface area contributed by atoms with E-state index in [0.717, 1.165) is 6.26 Å². The Labute approximate surface area is 98.7 Å². The van der Waals surface area contributed by atoms with Crippen LogP contribution in [0.25, 0.3) is 0 Å². The maximum Gasteiger partial charge on any atom is 0.209 e. The molecule has 0 fully saturated rings. The molecule has 5 nitrogen and oxygen atoms in total. The van der Waals surface area contributed by atoms with Crippen molar-refractivity contribution in [2.24, 2.45) is 0 Å². The number of sulfonamides is 1. The van der Waals surface area contributed by atoms with Crippen LogP contribution in [0.15, 0.2) is 0 Å². The molecule has 98 valence electrons. The largest absolute Gasteiger partial charge is 0.390 e. The molecule has 0 aromatic rings. The van der Waals surface area contributed by atoms with Gasteiger partial charge in [0.05, 0.1) is 11.9 Å². The lowest BCUT2D eigenvalue weighted by Gasteiger charge is -2.26. The van der Waals surface area contributed by atoms with Gasteiger partial charge in [0.2, 0.25) is 10.0 Å². The Hall–Kier alpha value is -0.170. The van der Waals surface area contributed by atoms with Crippen molar-refractivity contribution in [2.45, 2.75) is 45.3 Å². The zero-order valence-corrected chi connectivity index (χ0v) is 11.6. The minimum Gasteiger partial charge on any atom is -0.390 e. The zero-order chi connectivity index (χ0) is 13.0. The van der Waals surface area contributed by atoms with Crippen LogP contribution < -0.4 is 10.0 Å². The van der Waals surface area contributed by atoms with E-state index in [9.17, 15) is 13.5 Å². The SMILES string of the molecule is CC(C)(O)CCNCC(C)(C)NS(C)(=O)=O. The molecule has 0 heterocycles. The van der Waals surface area contributed by atoms with E-state index in [0.29, 0.717) is 19.5 Å². The third-order valence-corrected chi connectivity index (χ3v) is 2.87. The monoisotopic (exact) mass is 252 g/mol. The first kappa shape index (κ1) is 15.8. The van der Waals surface area contributed by atoms with Gasteiger partial charge in [0.25, 0.3) is 0 Å². The van der Waals surface area contributed by atoms with Crippen molar-refractivity contribution >= 4 is 10.0 Å². The van der Waals surface area contributed by atoms with Crippen LogP contribution in [0.5, 0.6) is 0 Å². The van der Waals surface area contributed by atoms with Crippen molar-refractivity contribution in [3.63, 3.8) is 0 Å². The van der Waals surface area contributed by atoms with Crippen LogP contribution >= 0.6 is 0 Å². The number of rotatable bonds is 7. The molecule has 0 spiro atoms. The molecule has 0 rings (SSSR count). The van der Waals surface area contributed by atoms with E-state index in [4.69, 9.17) is 0 Å². The van der Waals surface area contributed by atoms with Crippen LogP contribution in [0.4, 0.5) is 0 Å².